The summed E-state index contributed by atoms with van der Waals surface area (Å²) in [4.78, 5) is 0. The van der Waals surface area contributed by atoms with Gasteiger partial charge in [0.1, 0.15) is 11.9 Å². The average Bonchev–Trinajstić information content (AvgIpc) is 3.89. The van der Waals surface area contributed by atoms with E-state index in [0.717, 1.165) is 31.6 Å². The number of benzene rings is 5. The Morgan fingerprint density at radius 3 is 1.98 bits per heavy atom. The fourth-order valence-electron chi connectivity index (χ4n) is 6.48. The Balaban J connectivity index is 0.000000151. The fraction of sp³-hybridized carbons (Fsp3) is 0.302. The first-order valence-electron chi connectivity index (χ1n) is 17.3. The maximum absolute atomic E-state index is 6.17. The number of aryl methyl sites for hydroxylation is 1. The van der Waals surface area contributed by atoms with Crippen LogP contribution in [0.25, 0.3) is 0 Å². The van der Waals surface area contributed by atoms with Gasteiger partial charge in [-0.1, -0.05) is 132 Å². The van der Waals surface area contributed by atoms with E-state index in [9.17, 15) is 0 Å². The maximum Gasteiger partial charge on any atom is 0.125 e. The summed E-state index contributed by atoms with van der Waals surface area (Å²) in [6.45, 7) is 3.02. The molecule has 256 valence electrons. The fourth-order valence-corrected chi connectivity index (χ4v) is 6.79. The molecule has 7 rings (SSSR count). The molecule has 6 heteroatoms. The number of ether oxygens (including phenoxy) is 1. The van der Waals surface area contributed by atoms with Gasteiger partial charge in [-0.3, -0.25) is 0 Å². The summed E-state index contributed by atoms with van der Waals surface area (Å²) in [6, 6.07) is 44.6. The highest BCUT2D eigenvalue weighted by atomic mass is 35.5. The van der Waals surface area contributed by atoms with Crippen LogP contribution in [0.5, 0.6) is 5.75 Å². The first-order chi connectivity index (χ1) is 23.9. The molecule has 0 aromatic heterocycles. The average molecular weight is 695 g/mol. The van der Waals surface area contributed by atoms with Crippen molar-refractivity contribution < 1.29 is 4.74 Å². The highest BCUT2D eigenvalue weighted by Crippen LogP contribution is 2.42. The number of hydrogen-bond donors (Lipinski definition) is 3. The first-order valence-corrected chi connectivity index (χ1v) is 18.1. The maximum atomic E-state index is 6.17. The zero-order valence-electron chi connectivity index (χ0n) is 28.8. The molecule has 2 aliphatic carbocycles. The number of nitrogens with one attached hydrogen (secondary N) is 2. The van der Waals surface area contributed by atoms with Gasteiger partial charge in [-0.15, -0.1) is 0 Å². The molecule has 0 amide bonds. The molecule has 2 aliphatic rings. The predicted molar refractivity (Wildman–Crippen MR) is 207 cm³/mol. The zero-order valence-corrected chi connectivity index (χ0v) is 30.3. The molecule has 3 unspecified atom stereocenters. The topological polar surface area (TPSA) is 59.3 Å². The van der Waals surface area contributed by atoms with Gasteiger partial charge in [-0.2, -0.15) is 0 Å². The highest BCUT2D eigenvalue weighted by Gasteiger charge is 2.34. The summed E-state index contributed by atoms with van der Waals surface area (Å²) in [5.41, 5.74) is 13.6. The van der Waals surface area contributed by atoms with Crippen LogP contribution in [0.3, 0.4) is 0 Å². The van der Waals surface area contributed by atoms with E-state index in [0.29, 0.717) is 34.0 Å². The molecule has 0 heterocycles. The van der Waals surface area contributed by atoms with Crippen molar-refractivity contribution in [2.75, 3.05) is 20.6 Å². The van der Waals surface area contributed by atoms with Gasteiger partial charge in [-0.05, 0) is 98.9 Å². The lowest BCUT2D eigenvalue weighted by Crippen LogP contribution is -2.24. The van der Waals surface area contributed by atoms with Crippen LogP contribution in [0.15, 0.2) is 127 Å². The van der Waals surface area contributed by atoms with Gasteiger partial charge in [0.05, 0.1) is 10.0 Å². The number of hydrogen-bond acceptors (Lipinski definition) is 4. The summed E-state index contributed by atoms with van der Waals surface area (Å²) in [5, 5.41) is 7.84. The van der Waals surface area contributed by atoms with E-state index in [4.69, 9.17) is 33.7 Å². The summed E-state index contributed by atoms with van der Waals surface area (Å²) in [5.74, 6) is 1.99. The van der Waals surface area contributed by atoms with Crippen molar-refractivity contribution in [2.45, 2.75) is 62.6 Å². The van der Waals surface area contributed by atoms with Crippen molar-refractivity contribution in [1.29, 1.82) is 0 Å². The molecule has 0 bridgehead atoms. The molecule has 5 atom stereocenters. The number of fused-ring (bicyclic) bond motifs is 1. The lowest BCUT2D eigenvalue weighted by atomic mass is 9.77. The smallest absolute Gasteiger partial charge is 0.125 e. The van der Waals surface area contributed by atoms with E-state index in [2.05, 4.69) is 109 Å². The summed E-state index contributed by atoms with van der Waals surface area (Å²) >= 11 is 12.2. The van der Waals surface area contributed by atoms with Gasteiger partial charge >= 0.3 is 0 Å². The molecule has 0 saturated heterocycles. The summed E-state index contributed by atoms with van der Waals surface area (Å²) in [7, 11) is 3.99. The SMILES string of the molecule is CNCCC(Oc1ccc(C)cc1)c1ccccc1.CN[C@H]1CC[C@@H](c2ccc(Cl)c(Cl)c2)c2ccccc21.NC1CC1c1ccccc1. The Morgan fingerprint density at radius 1 is 0.735 bits per heavy atom. The lowest BCUT2D eigenvalue weighted by molar-refractivity contribution is 0.195. The third-order valence-corrected chi connectivity index (χ3v) is 10.1. The third kappa shape index (κ3) is 10.4. The molecular formula is C43H49Cl2N3O. The Bertz CT molecular complexity index is 1720. The monoisotopic (exact) mass is 693 g/mol. The van der Waals surface area contributed by atoms with Crippen LogP contribution in [0.2, 0.25) is 10.0 Å². The second kappa shape index (κ2) is 18.4. The first kappa shape index (κ1) is 36.6. The number of nitrogens with two attached hydrogens (primary N) is 1. The standard InChI is InChI=1S/C17H17Cl2N.C17H21NO.C9H11N/c1-20-17-9-7-12(13-4-2-3-5-14(13)17)11-6-8-15(18)16(19)10-11;1-14-8-10-16(11-9-14)19-17(12-13-18-2)15-6-4-3-5-7-15;10-9-6-8(9)7-4-2-1-3-5-7/h2-6,8,10,12,17,20H,7,9H2,1H3;3-11,17-18H,12-13H2,1-2H3;1-5,8-9H,6,10H2/t12-,17-;;/m0../s1. The molecule has 1 fully saturated rings. The van der Waals surface area contributed by atoms with Crippen molar-refractivity contribution >= 4 is 23.2 Å². The van der Waals surface area contributed by atoms with E-state index >= 15 is 0 Å². The van der Waals surface area contributed by atoms with Crippen molar-refractivity contribution in [2.24, 2.45) is 5.73 Å². The number of halogens is 2. The lowest BCUT2D eigenvalue weighted by Gasteiger charge is -2.32. The second-order valence-electron chi connectivity index (χ2n) is 12.9. The van der Waals surface area contributed by atoms with Gasteiger partial charge in [-0.25, -0.2) is 0 Å². The normalized spacial score (nSPS) is 19.6. The molecule has 4 nitrogen and oxygen atoms in total. The minimum atomic E-state index is 0.0938. The molecular weight excluding hydrogens is 645 g/mol. The molecule has 49 heavy (non-hydrogen) atoms. The number of rotatable bonds is 9. The molecule has 5 aromatic carbocycles. The second-order valence-corrected chi connectivity index (χ2v) is 13.7. The quantitative estimate of drug-likeness (QED) is 0.144. The zero-order chi connectivity index (χ0) is 34.6. The van der Waals surface area contributed by atoms with Crippen LogP contribution >= 0.6 is 23.2 Å². The van der Waals surface area contributed by atoms with Crippen molar-refractivity contribution in [3.63, 3.8) is 0 Å². The minimum absolute atomic E-state index is 0.0938. The highest BCUT2D eigenvalue weighted by molar-refractivity contribution is 6.42. The van der Waals surface area contributed by atoms with E-state index < -0.39 is 0 Å². The van der Waals surface area contributed by atoms with E-state index in [-0.39, 0.29) is 6.10 Å². The van der Waals surface area contributed by atoms with Crippen LogP contribution < -0.4 is 21.1 Å². The Labute approximate surface area is 303 Å². The molecule has 0 spiro atoms. The van der Waals surface area contributed by atoms with Crippen LogP contribution in [0.1, 0.15) is 83.0 Å². The van der Waals surface area contributed by atoms with Gasteiger partial charge in [0.15, 0.2) is 0 Å². The Hall–Kier alpha value is -3.64. The summed E-state index contributed by atoms with van der Waals surface area (Å²) in [6.07, 6.45) is 4.48. The van der Waals surface area contributed by atoms with E-state index in [1.807, 2.05) is 50.5 Å². The van der Waals surface area contributed by atoms with Crippen LogP contribution in [-0.4, -0.2) is 26.7 Å². The predicted octanol–water partition coefficient (Wildman–Crippen LogP) is 10.4. The Morgan fingerprint density at radius 2 is 1.37 bits per heavy atom. The van der Waals surface area contributed by atoms with Crippen molar-refractivity contribution in [1.82, 2.24) is 10.6 Å². The van der Waals surface area contributed by atoms with Gasteiger partial charge in [0.2, 0.25) is 0 Å². The molecule has 0 aliphatic heterocycles. The Kier molecular flexibility index (Phi) is 13.7. The van der Waals surface area contributed by atoms with Crippen LogP contribution in [-0.2, 0) is 0 Å². The van der Waals surface area contributed by atoms with Crippen molar-refractivity contribution in [3.8, 4) is 5.75 Å². The van der Waals surface area contributed by atoms with Crippen molar-refractivity contribution in [3.05, 3.63) is 171 Å². The summed E-state index contributed by atoms with van der Waals surface area (Å²) < 4.78 is 6.12. The molecule has 5 aromatic rings. The van der Waals surface area contributed by atoms with Gasteiger partial charge in [0, 0.05) is 30.3 Å². The molecule has 4 N–H and O–H groups in total. The largest absolute Gasteiger partial charge is 0.486 e. The van der Waals surface area contributed by atoms with Gasteiger partial charge < -0.3 is 21.1 Å². The molecule has 0 radical (unpaired) electrons. The van der Waals surface area contributed by atoms with Crippen LogP contribution in [0.4, 0.5) is 0 Å². The van der Waals surface area contributed by atoms with Gasteiger partial charge in [0.25, 0.3) is 0 Å². The van der Waals surface area contributed by atoms with E-state index in [1.165, 1.54) is 39.8 Å². The minimum Gasteiger partial charge on any atom is -0.486 e. The molecule has 1 saturated carbocycles. The van der Waals surface area contributed by atoms with E-state index in [1.54, 1.807) is 0 Å². The third-order valence-electron chi connectivity index (χ3n) is 9.38. The van der Waals surface area contributed by atoms with Crippen LogP contribution in [0, 0.1) is 6.92 Å².